The number of esters is 1. The monoisotopic (exact) mass is 465 g/mol. The predicted octanol–water partition coefficient (Wildman–Crippen LogP) is 4.67. The van der Waals surface area contributed by atoms with E-state index in [4.69, 9.17) is 20.9 Å². The number of aromatic nitrogens is 1. The van der Waals surface area contributed by atoms with Crippen LogP contribution >= 0.6 is 11.6 Å². The summed E-state index contributed by atoms with van der Waals surface area (Å²) >= 11 is 6.02. The lowest BCUT2D eigenvalue weighted by molar-refractivity contribution is -0.138. The van der Waals surface area contributed by atoms with Gasteiger partial charge in [-0.25, -0.2) is 4.79 Å². The summed E-state index contributed by atoms with van der Waals surface area (Å²) < 4.78 is 10.2. The average molecular weight is 466 g/mol. The third-order valence-electron chi connectivity index (χ3n) is 5.31. The maximum Gasteiger partial charge on any atom is 0.378 e. The molecule has 1 heterocycles. The predicted molar refractivity (Wildman–Crippen MR) is 123 cm³/mol. The van der Waals surface area contributed by atoms with Gasteiger partial charge in [-0.2, -0.15) is 5.26 Å². The van der Waals surface area contributed by atoms with Crippen molar-refractivity contribution in [3.05, 3.63) is 88.3 Å². The fraction of sp³-hybridized carbons (Fsp3) is 0.280. The van der Waals surface area contributed by atoms with E-state index >= 15 is 0 Å². The molecule has 8 heteroatoms. The Hall–Kier alpha value is -3.63. The number of rotatable bonds is 8. The number of nitrogens with zero attached hydrogens (tertiary/aromatic N) is 2. The first-order valence-electron chi connectivity index (χ1n) is 10.4. The summed E-state index contributed by atoms with van der Waals surface area (Å²) in [6.07, 6.45) is 1.92. The van der Waals surface area contributed by atoms with Gasteiger partial charge in [-0.3, -0.25) is 4.79 Å². The third-order valence-corrected chi connectivity index (χ3v) is 5.56. The first-order valence-corrected chi connectivity index (χ1v) is 10.8. The van der Waals surface area contributed by atoms with E-state index in [9.17, 15) is 14.9 Å². The molecule has 0 bridgehead atoms. The van der Waals surface area contributed by atoms with Crippen LogP contribution in [-0.4, -0.2) is 28.7 Å². The van der Waals surface area contributed by atoms with Crippen molar-refractivity contribution in [2.45, 2.75) is 44.8 Å². The molecule has 3 rings (SSSR count). The van der Waals surface area contributed by atoms with Gasteiger partial charge in [0.05, 0.1) is 17.8 Å². The molecule has 33 heavy (non-hydrogen) atoms. The minimum absolute atomic E-state index is 0.0853. The molecule has 0 saturated carbocycles. The van der Waals surface area contributed by atoms with Crippen LogP contribution in [0.25, 0.3) is 0 Å². The Bertz CT molecular complexity index is 1150. The van der Waals surface area contributed by atoms with Gasteiger partial charge in [-0.15, -0.1) is 0 Å². The molecule has 0 saturated heterocycles. The van der Waals surface area contributed by atoms with E-state index in [1.165, 1.54) is 26.1 Å². The number of hydrogen-bond acceptors (Lipinski definition) is 6. The summed E-state index contributed by atoms with van der Waals surface area (Å²) in [4.78, 5) is 25.3. The van der Waals surface area contributed by atoms with Gasteiger partial charge in [0.2, 0.25) is 5.76 Å². The maximum atomic E-state index is 13.0. The molecule has 0 unspecified atom stereocenters. The van der Waals surface area contributed by atoms with Crippen LogP contribution in [0.2, 0.25) is 5.02 Å². The molecule has 1 aromatic heterocycles. The number of carbonyl (C=O) groups is 2. The standard InChI is InChI=1S/C25H24ClN3O4/c1-16(29-24(31)25(2,3)32-23(30)22-11-12-28-33-22)21(14-17-7-9-20(26)10-8-17)19-6-4-5-18(13-19)15-27/h4-13,16,21H,14H2,1-3H3,(H,29,31)/t16-,21+/m0/s1. The van der Waals surface area contributed by atoms with Gasteiger partial charge in [-0.05, 0) is 62.6 Å². The molecule has 170 valence electrons. The van der Waals surface area contributed by atoms with E-state index in [2.05, 4.69) is 16.5 Å². The Labute approximate surface area is 197 Å². The molecule has 0 aliphatic heterocycles. The minimum Gasteiger partial charge on any atom is -0.444 e. The zero-order chi connectivity index (χ0) is 24.0. The van der Waals surface area contributed by atoms with E-state index in [1.54, 1.807) is 6.07 Å². The van der Waals surface area contributed by atoms with Gasteiger partial charge in [0.1, 0.15) is 0 Å². The number of carbonyl (C=O) groups excluding carboxylic acids is 2. The number of nitrogens with one attached hydrogen (secondary N) is 1. The highest BCUT2D eigenvalue weighted by Gasteiger charge is 2.35. The van der Waals surface area contributed by atoms with Crippen molar-refractivity contribution < 1.29 is 18.8 Å². The largest absolute Gasteiger partial charge is 0.444 e. The second-order valence-corrected chi connectivity index (χ2v) is 8.65. The SMILES string of the molecule is C[C@H](NC(=O)C(C)(C)OC(=O)c1ccno1)[C@@H](Cc1ccc(Cl)cc1)c1cccc(C#N)c1. The van der Waals surface area contributed by atoms with Crippen LogP contribution in [0.3, 0.4) is 0 Å². The van der Waals surface area contributed by atoms with Crippen LogP contribution in [-0.2, 0) is 16.0 Å². The second-order valence-electron chi connectivity index (χ2n) is 8.21. The van der Waals surface area contributed by atoms with Crippen molar-refractivity contribution in [3.63, 3.8) is 0 Å². The smallest absolute Gasteiger partial charge is 0.378 e. The highest BCUT2D eigenvalue weighted by atomic mass is 35.5. The second kappa shape index (κ2) is 10.3. The van der Waals surface area contributed by atoms with Crippen LogP contribution in [0.1, 0.15) is 53.9 Å². The minimum atomic E-state index is -1.45. The molecule has 1 N–H and O–H groups in total. The summed E-state index contributed by atoms with van der Waals surface area (Å²) in [6.45, 7) is 4.90. The lowest BCUT2D eigenvalue weighted by Crippen LogP contribution is -2.50. The van der Waals surface area contributed by atoms with Gasteiger partial charge in [-0.1, -0.05) is 41.0 Å². The molecular weight excluding hydrogens is 442 g/mol. The summed E-state index contributed by atoms with van der Waals surface area (Å²) in [5.41, 5.74) is 1.03. The van der Waals surface area contributed by atoms with Crippen molar-refractivity contribution in [1.82, 2.24) is 10.5 Å². The van der Waals surface area contributed by atoms with E-state index in [0.29, 0.717) is 17.0 Å². The molecule has 0 radical (unpaired) electrons. The molecule has 0 aliphatic carbocycles. The first-order chi connectivity index (χ1) is 15.7. The number of halogens is 1. The Morgan fingerprint density at radius 3 is 2.58 bits per heavy atom. The van der Waals surface area contributed by atoms with Crippen LogP contribution in [0, 0.1) is 11.3 Å². The molecule has 7 nitrogen and oxygen atoms in total. The van der Waals surface area contributed by atoms with Crippen LogP contribution < -0.4 is 5.32 Å². The van der Waals surface area contributed by atoms with E-state index < -0.39 is 17.5 Å². The summed E-state index contributed by atoms with van der Waals surface area (Å²) in [5, 5.41) is 16.4. The molecule has 2 atom stereocenters. The lowest BCUT2D eigenvalue weighted by Gasteiger charge is -2.30. The Balaban J connectivity index is 1.80. The average Bonchev–Trinajstić information content (AvgIpc) is 3.33. The zero-order valence-corrected chi connectivity index (χ0v) is 19.3. The van der Waals surface area contributed by atoms with E-state index in [-0.39, 0.29) is 17.7 Å². The fourth-order valence-electron chi connectivity index (χ4n) is 3.43. The van der Waals surface area contributed by atoms with Gasteiger partial charge in [0.25, 0.3) is 5.91 Å². The number of nitriles is 1. The molecule has 2 aromatic carbocycles. The number of hydrogen-bond donors (Lipinski definition) is 1. The fourth-order valence-corrected chi connectivity index (χ4v) is 3.55. The first kappa shape index (κ1) is 24.0. The van der Waals surface area contributed by atoms with Crippen molar-refractivity contribution >= 4 is 23.5 Å². The summed E-state index contributed by atoms with van der Waals surface area (Å²) in [5.74, 6) is -1.47. The zero-order valence-electron chi connectivity index (χ0n) is 18.5. The van der Waals surface area contributed by atoms with Crippen LogP contribution in [0.5, 0.6) is 0 Å². The van der Waals surface area contributed by atoms with Gasteiger partial charge >= 0.3 is 5.97 Å². The van der Waals surface area contributed by atoms with E-state index in [0.717, 1.165) is 11.1 Å². The molecule has 1 amide bonds. The van der Waals surface area contributed by atoms with Crippen LogP contribution in [0.15, 0.2) is 65.3 Å². The number of amides is 1. The molecular formula is C25H24ClN3O4. The molecule has 0 fully saturated rings. The van der Waals surface area contributed by atoms with Gasteiger partial charge in [0, 0.05) is 23.0 Å². The van der Waals surface area contributed by atoms with Crippen molar-refractivity contribution in [1.29, 1.82) is 5.26 Å². The van der Waals surface area contributed by atoms with Gasteiger partial charge < -0.3 is 14.6 Å². The summed E-state index contributed by atoms with van der Waals surface area (Å²) in [7, 11) is 0. The Morgan fingerprint density at radius 1 is 1.21 bits per heavy atom. The molecule has 3 aromatic rings. The quantitative estimate of drug-likeness (QED) is 0.485. The Morgan fingerprint density at radius 2 is 1.94 bits per heavy atom. The number of benzene rings is 2. The lowest BCUT2D eigenvalue weighted by atomic mass is 9.85. The highest BCUT2D eigenvalue weighted by molar-refractivity contribution is 6.30. The molecule has 0 spiro atoms. The number of ether oxygens (including phenoxy) is 1. The summed E-state index contributed by atoms with van der Waals surface area (Å²) in [6, 6.07) is 18.0. The topological polar surface area (TPSA) is 105 Å². The normalized spacial score (nSPS) is 12.9. The van der Waals surface area contributed by atoms with Crippen molar-refractivity contribution in [2.75, 3.05) is 0 Å². The third kappa shape index (κ3) is 6.21. The Kier molecular flexibility index (Phi) is 7.52. The molecule has 0 aliphatic rings. The van der Waals surface area contributed by atoms with Crippen molar-refractivity contribution in [2.24, 2.45) is 0 Å². The van der Waals surface area contributed by atoms with E-state index in [1.807, 2.05) is 49.4 Å². The van der Waals surface area contributed by atoms with Gasteiger partial charge in [0.15, 0.2) is 5.60 Å². The highest BCUT2D eigenvalue weighted by Crippen LogP contribution is 2.27. The van der Waals surface area contributed by atoms with Crippen LogP contribution in [0.4, 0.5) is 0 Å². The van der Waals surface area contributed by atoms with Crippen molar-refractivity contribution in [3.8, 4) is 6.07 Å². The maximum absolute atomic E-state index is 13.0.